The van der Waals surface area contributed by atoms with E-state index in [-0.39, 0.29) is 5.91 Å². The molecule has 4 aromatic rings. The summed E-state index contributed by atoms with van der Waals surface area (Å²) in [6.45, 7) is 2.03. The summed E-state index contributed by atoms with van der Waals surface area (Å²) >= 11 is 0. The molecule has 2 aromatic heterocycles. The lowest BCUT2D eigenvalue weighted by molar-refractivity contribution is 0.0962. The van der Waals surface area contributed by atoms with Gasteiger partial charge in [-0.15, -0.1) is 0 Å². The number of hydrogen-bond acceptors (Lipinski definition) is 6. The van der Waals surface area contributed by atoms with Crippen LogP contribution in [0.15, 0.2) is 61.1 Å². The molecule has 0 saturated carbocycles. The van der Waals surface area contributed by atoms with Gasteiger partial charge in [0.15, 0.2) is 11.5 Å². The van der Waals surface area contributed by atoms with Crippen LogP contribution in [0.1, 0.15) is 15.9 Å². The van der Waals surface area contributed by atoms with E-state index < -0.39 is 0 Å². The summed E-state index contributed by atoms with van der Waals surface area (Å²) in [5, 5.41) is 5.10. The molecule has 4 rings (SSSR count). The number of aromatic nitrogens is 4. The SMILES string of the molecule is COc1ccc(C(=O)NNc2ncnc3c2cnn3-c2ccc(C)cc2)cc1. The van der Waals surface area contributed by atoms with Gasteiger partial charge in [0.2, 0.25) is 0 Å². The van der Waals surface area contributed by atoms with Gasteiger partial charge in [-0.05, 0) is 43.3 Å². The van der Waals surface area contributed by atoms with E-state index in [1.165, 1.54) is 11.9 Å². The minimum Gasteiger partial charge on any atom is -0.497 e. The van der Waals surface area contributed by atoms with Gasteiger partial charge in [0.1, 0.15) is 12.1 Å². The summed E-state index contributed by atoms with van der Waals surface area (Å²) in [6, 6.07) is 14.8. The maximum Gasteiger partial charge on any atom is 0.269 e. The number of methoxy groups -OCH3 is 1. The zero-order valence-corrected chi connectivity index (χ0v) is 15.4. The molecule has 0 atom stereocenters. The van der Waals surface area contributed by atoms with Crippen molar-refractivity contribution in [2.45, 2.75) is 6.92 Å². The number of hydrazine groups is 1. The Bertz CT molecular complexity index is 1120. The van der Waals surface area contributed by atoms with Crippen LogP contribution in [0.25, 0.3) is 16.7 Å². The maximum atomic E-state index is 12.3. The molecule has 8 heteroatoms. The van der Waals surface area contributed by atoms with Crippen molar-refractivity contribution in [1.82, 2.24) is 25.2 Å². The Kier molecular flexibility index (Phi) is 4.59. The molecule has 2 N–H and O–H groups in total. The topological polar surface area (TPSA) is 94.0 Å². The number of amides is 1. The molecule has 2 aromatic carbocycles. The fourth-order valence-electron chi connectivity index (χ4n) is 2.75. The average Bonchev–Trinajstić information content (AvgIpc) is 3.17. The molecule has 0 aliphatic heterocycles. The van der Waals surface area contributed by atoms with Gasteiger partial charge in [0, 0.05) is 5.56 Å². The summed E-state index contributed by atoms with van der Waals surface area (Å²) in [7, 11) is 1.58. The van der Waals surface area contributed by atoms with Crippen molar-refractivity contribution in [1.29, 1.82) is 0 Å². The smallest absolute Gasteiger partial charge is 0.269 e. The second-order valence-corrected chi connectivity index (χ2v) is 6.16. The lowest BCUT2D eigenvalue weighted by atomic mass is 10.2. The van der Waals surface area contributed by atoms with Crippen LogP contribution in [-0.2, 0) is 0 Å². The number of ether oxygens (including phenoxy) is 1. The highest BCUT2D eigenvalue weighted by molar-refractivity contribution is 5.96. The van der Waals surface area contributed by atoms with Crippen molar-refractivity contribution in [3.8, 4) is 11.4 Å². The minimum absolute atomic E-state index is 0.291. The normalized spacial score (nSPS) is 10.6. The number of nitrogens with zero attached hydrogens (tertiary/aromatic N) is 4. The highest BCUT2D eigenvalue weighted by Crippen LogP contribution is 2.21. The van der Waals surface area contributed by atoms with Gasteiger partial charge in [-0.3, -0.25) is 15.6 Å². The van der Waals surface area contributed by atoms with Crippen molar-refractivity contribution in [3.63, 3.8) is 0 Å². The largest absolute Gasteiger partial charge is 0.497 e. The Labute approximate surface area is 161 Å². The molecule has 8 nitrogen and oxygen atoms in total. The van der Waals surface area contributed by atoms with Crippen molar-refractivity contribution >= 4 is 22.8 Å². The number of nitrogens with one attached hydrogen (secondary N) is 2. The second kappa shape index (κ2) is 7.36. The molecule has 0 aliphatic carbocycles. The van der Waals surface area contributed by atoms with Crippen LogP contribution in [0.2, 0.25) is 0 Å². The maximum absolute atomic E-state index is 12.3. The Hall–Kier alpha value is -3.94. The number of benzene rings is 2. The molecule has 0 unspecified atom stereocenters. The molecule has 0 saturated heterocycles. The molecular formula is C20H18N6O2. The first kappa shape index (κ1) is 17.5. The molecule has 0 fully saturated rings. The third-order valence-corrected chi connectivity index (χ3v) is 4.29. The van der Waals surface area contributed by atoms with Crippen LogP contribution < -0.4 is 15.6 Å². The number of anilines is 1. The van der Waals surface area contributed by atoms with E-state index in [1.807, 2.05) is 31.2 Å². The highest BCUT2D eigenvalue weighted by atomic mass is 16.5. The molecule has 1 amide bonds. The van der Waals surface area contributed by atoms with Crippen LogP contribution in [-0.4, -0.2) is 32.8 Å². The van der Waals surface area contributed by atoms with Crippen LogP contribution in [0.5, 0.6) is 5.75 Å². The number of carbonyl (C=O) groups excluding carboxylic acids is 1. The van der Waals surface area contributed by atoms with E-state index in [2.05, 4.69) is 25.9 Å². The van der Waals surface area contributed by atoms with Crippen molar-refractivity contribution in [2.24, 2.45) is 0 Å². The number of carbonyl (C=O) groups is 1. The minimum atomic E-state index is -0.291. The van der Waals surface area contributed by atoms with Crippen molar-refractivity contribution in [2.75, 3.05) is 12.5 Å². The molecule has 0 spiro atoms. The molecule has 28 heavy (non-hydrogen) atoms. The van der Waals surface area contributed by atoms with Gasteiger partial charge in [-0.1, -0.05) is 17.7 Å². The second-order valence-electron chi connectivity index (χ2n) is 6.16. The van der Waals surface area contributed by atoms with E-state index in [0.717, 1.165) is 5.69 Å². The first-order valence-electron chi connectivity index (χ1n) is 8.62. The number of rotatable bonds is 5. The van der Waals surface area contributed by atoms with Crippen LogP contribution in [0.3, 0.4) is 0 Å². The van der Waals surface area contributed by atoms with Gasteiger partial charge in [0.05, 0.1) is 24.4 Å². The quantitative estimate of drug-likeness (QED) is 0.522. The third kappa shape index (κ3) is 3.35. The molecule has 140 valence electrons. The summed E-state index contributed by atoms with van der Waals surface area (Å²) in [5.41, 5.74) is 8.69. The van der Waals surface area contributed by atoms with Gasteiger partial charge < -0.3 is 4.74 Å². The lowest BCUT2D eigenvalue weighted by Gasteiger charge is -2.09. The van der Waals surface area contributed by atoms with E-state index in [0.29, 0.717) is 28.2 Å². The zero-order valence-electron chi connectivity index (χ0n) is 15.4. The third-order valence-electron chi connectivity index (χ3n) is 4.29. The Morgan fingerprint density at radius 1 is 1.04 bits per heavy atom. The van der Waals surface area contributed by atoms with Crippen LogP contribution in [0.4, 0.5) is 5.82 Å². The summed E-state index contributed by atoms with van der Waals surface area (Å²) < 4.78 is 6.83. The van der Waals surface area contributed by atoms with E-state index >= 15 is 0 Å². The molecule has 0 aliphatic rings. The Morgan fingerprint density at radius 3 is 2.50 bits per heavy atom. The first-order valence-corrected chi connectivity index (χ1v) is 8.62. The average molecular weight is 374 g/mol. The van der Waals surface area contributed by atoms with Gasteiger partial charge in [-0.25, -0.2) is 14.6 Å². The highest BCUT2D eigenvalue weighted by Gasteiger charge is 2.12. The zero-order chi connectivity index (χ0) is 19.5. The fraction of sp³-hybridized carbons (Fsp3) is 0.100. The fourth-order valence-corrected chi connectivity index (χ4v) is 2.75. The monoisotopic (exact) mass is 374 g/mol. The summed E-state index contributed by atoms with van der Waals surface area (Å²) in [6.07, 6.45) is 3.09. The standard InChI is InChI=1S/C20H18N6O2/c1-13-3-7-15(8-4-13)26-19-17(11-23-26)18(21-12-22-19)24-25-20(27)14-5-9-16(28-2)10-6-14/h3-12H,1-2H3,(H,25,27)(H,21,22,24). The molecule has 0 radical (unpaired) electrons. The van der Waals surface area contributed by atoms with E-state index in [9.17, 15) is 4.79 Å². The lowest BCUT2D eigenvalue weighted by Crippen LogP contribution is -2.29. The summed E-state index contributed by atoms with van der Waals surface area (Å²) in [5.74, 6) is 0.858. The van der Waals surface area contributed by atoms with Gasteiger partial charge in [-0.2, -0.15) is 5.10 Å². The van der Waals surface area contributed by atoms with Gasteiger partial charge >= 0.3 is 0 Å². The van der Waals surface area contributed by atoms with E-state index in [1.54, 1.807) is 42.3 Å². The number of hydrogen-bond donors (Lipinski definition) is 2. The predicted octanol–water partition coefficient (Wildman–Crippen LogP) is 2.89. The van der Waals surface area contributed by atoms with Crippen molar-refractivity contribution < 1.29 is 9.53 Å². The summed E-state index contributed by atoms with van der Waals surface area (Å²) in [4.78, 5) is 20.9. The molecule has 0 bridgehead atoms. The molecular weight excluding hydrogens is 356 g/mol. The Balaban J connectivity index is 1.56. The van der Waals surface area contributed by atoms with Crippen LogP contribution in [0, 0.1) is 6.92 Å². The van der Waals surface area contributed by atoms with Crippen molar-refractivity contribution in [3.05, 3.63) is 72.2 Å². The van der Waals surface area contributed by atoms with Gasteiger partial charge in [0.25, 0.3) is 5.91 Å². The number of aryl methyl sites for hydroxylation is 1. The predicted molar refractivity (Wildman–Crippen MR) is 105 cm³/mol. The number of fused-ring (bicyclic) bond motifs is 1. The van der Waals surface area contributed by atoms with E-state index in [4.69, 9.17) is 4.74 Å². The first-order chi connectivity index (χ1) is 13.7. The van der Waals surface area contributed by atoms with Crippen LogP contribution >= 0.6 is 0 Å². The molecule has 2 heterocycles. The Morgan fingerprint density at radius 2 is 1.79 bits per heavy atom.